The van der Waals surface area contributed by atoms with Gasteiger partial charge in [0.1, 0.15) is 5.60 Å². The van der Waals surface area contributed by atoms with Gasteiger partial charge >= 0.3 is 0 Å². The van der Waals surface area contributed by atoms with Crippen molar-refractivity contribution in [2.45, 2.75) is 33.0 Å². The molecule has 0 saturated heterocycles. The largest absolute Gasteiger partial charge is 0.373 e. The van der Waals surface area contributed by atoms with E-state index >= 15 is 0 Å². The number of hydroxylamine groups is 2. The number of hydrogen-bond acceptors (Lipinski definition) is 6. The van der Waals surface area contributed by atoms with Crippen LogP contribution in [0.25, 0.3) is 0 Å². The van der Waals surface area contributed by atoms with Crippen LogP contribution < -0.4 is 0 Å². The van der Waals surface area contributed by atoms with Gasteiger partial charge in [-0.25, -0.2) is 5.06 Å². The van der Waals surface area contributed by atoms with E-state index in [1.54, 1.807) is 18.4 Å². The molecule has 0 atom stereocenters. The fourth-order valence-corrected chi connectivity index (χ4v) is 3.02. The summed E-state index contributed by atoms with van der Waals surface area (Å²) in [5, 5.41) is 6.02. The van der Waals surface area contributed by atoms with Gasteiger partial charge in [0.15, 0.2) is 0 Å². The van der Waals surface area contributed by atoms with Gasteiger partial charge in [-0.1, -0.05) is 30.9 Å². The molecule has 6 heteroatoms. The number of likely N-dealkylation sites (N-methyl/N-ethyl adjacent to an activating group) is 1. The Labute approximate surface area is 179 Å². The predicted octanol–water partition coefficient (Wildman–Crippen LogP) is 4.22. The van der Waals surface area contributed by atoms with Crippen molar-refractivity contribution in [1.29, 1.82) is 0 Å². The zero-order chi connectivity index (χ0) is 21.0. The summed E-state index contributed by atoms with van der Waals surface area (Å²) >= 11 is 1.68. The van der Waals surface area contributed by atoms with Crippen LogP contribution in [0.4, 0.5) is 0 Å². The second kappa shape index (κ2) is 12.6. The number of rotatable bonds is 11. The molecular weight excluding hydrogens is 384 g/mol. The molecule has 0 aliphatic carbocycles. The third kappa shape index (κ3) is 9.44. The predicted molar refractivity (Wildman–Crippen MR) is 119 cm³/mol. The highest BCUT2D eigenvalue weighted by Crippen LogP contribution is 2.09. The Hall–Kier alpha value is -1.88. The van der Waals surface area contributed by atoms with E-state index in [0.29, 0.717) is 19.8 Å². The molecule has 1 aliphatic rings. The lowest BCUT2D eigenvalue weighted by Crippen LogP contribution is -2.34. The van der Waals surface area contributed by atoms with Gasteiger partial charge in [0.2, 0.25) is 0 Å². The molecule has 0 amide bonds. The van der Waals surface area contributed by atoms with Gasteiger partial charge in [-0.3, -0.25) is 9.74 Å². The topological polar surface area (TPSA) is 34.2 Å². The van der Waals surface area contributed by atoms with Crippen molar-refractivity contribution in [2.24, 2.45) is 0 Å². The zero-order valence-corrected chi connectivity index (χ0v) is 18.7. The van der Waals surface area contributed by atoms with Crippen molar-refractivity contribution < 1.29 is 14.3 Å². The lowest BCUT2D eigenvalue weighted by molar-refractivity contribution is -0.117. The fourth-order valence-electron chi connectivity index (χ4n) is 2.37. The van der Waals surface area contributed by atoms with Gasteiger partial charge in [0.05, 0.1) is 26.5 Å². The highest BCUT2D eigenvalue weighted by atomic mass is 32.1. The molecule has 1 aliphatic heterocycles. The molecule has 0 N–H and O–H groups in total. The monoisotopic (exact) mass is 416 g/mol. The zero-order valence-electron chi connectivity index (χ0n) is 17.9. The van der Waals surface area contributed by atoms with E-state index in [2.05, 4.69) is 46.6 Å². The van der Waals surface area contributed by atoms with E-state index in [1.165, 1.54) is 5.56 Å². The molecule has 0 unspecified atom stereocenters. The fraction of sp³-hybridized carbons (Fsp3) is 0.478. The average Bonchev–Trinajstić information content (AvgIpc) is 3.42. The minimum Gasteiger partial charge on any atom is -0.373 e. The summed E-state index contributed by atoms with van der Waals surface area (Å²) in [5.74, 6) is 6.44. The quantitative estimate of drug-likeness (QED) is 0.307. The standard InChI is InChI=1S/C23H32N2O3S/c1-5-24(20-25-13-7-16-28-25)14-10-21(9-12-23(2,3)26-4)8-6-15-27-18-22-11-17-29-19-22/h6-8,10-11,13,17,19H,5,14-16,18,20H2,1-4H3/b8-6+,21-10+. The maximum atomic E-state index is 5.71. The molecule has 1 aromatic rings. The minimum atomic E-state index is -0.485. The second-order valence-corrected chi connectivity index (χ2v) is 7.86. The van der Waals surface area contributed by atoms with Crippen molar-refractivity contribution in [2.75, 3.05) is 40.1 Å². The van der Waals surface area contributed by atoms with E-state index in [4.69, 9.17) is 14.3 Å². The first kappa shape index (κ1) is 23.4. The molecule has 2 heterocycles. The molecule has 0 saturated carbocycles. The van der Waals surface area contributed by atoms with Crippen LogP contribution in [0.1, 0.15) is 26.3 Å². The molecule has 29 heavy (non-hydrogen) atoms. The highest BCUT2D eigenvalue weighted by molar-refractivity contribution is 7.07. The number of nitrogens with zero attached hydrogens (tertiary/aromatic N) is 2. The normalized spacial score (nSPS) is 14.8. The molecule has 2 rings (SSSR count). The van der Waals surface area contributed by atoms with Gasteiger partial charge in [0, 0.05) is 25.4 Å². The van der Waals surface area contributed by atoms with Crippen LogP contribution in [0.2, 0.25) is 0 Å². The van der Waals surface area contributed by atoms with Crippen molar-refractivity contribution in [3.8, 4) is 11.8 Å². The van der Waals surface area contributed by atoms with Crippen molar-refractivity contribution in [1.82, 2.24) is 9.96 Å². The second-order valence-electron chi connectivity index (χ2n) is 7.08. The van der Waals surface area contributed by atoms with Gasteiger partial charge in [0.25, 0.3) is 0 Å². The summed E-state index contributed by atoms with van der Waals surface area (Å²) in [4.78, 5) is 7.78. The maximum absolute atomic E-state index is 5.71. The minimum absolute atomic E-state index is 0.485. The first-order valence-electron chi connectivity index (χ1n) is 9.85. The third-order valence-corrected chi connectivity index (χ3v) is 5.07. The van der Waals surface area contributed by atoms with Crippen LogP contribution >= 0.6 is 11.3 Å². The Balaban J connectivity index is 1.95. The van der Waals surface area contributed by atoms with E-state index < -0.39 is 5.60 Å². The Morgan fingerprint density at radius 2 is 2.31 bits per heavy atom. The molecule has 0 aromatic carbocycles. The van der Waals surface area contributed by atoms with Gasteiger partial charge < -0.3 is 9.47 Å². The molecule has 1 aromatic heterocycles. The first-order valence-corrected chi connectivity index (χ1v) is 10.8. The first-order chi connectivity index (χ1) is 14.0. The molecule has 0 spiro atoms. The smallest absolute Gasteiger partial charge is 0.123 e. The number of thiophene rings is 1. The summed E-state index contributed by atoms with van der Waals surface area (Å²) in [6.45, 7) is 10.3. The van der Waals surface area contributed by atoms with Crippen molar-refractivity contribution >= 4 is 11.3 Å². The Morgan fingerprint density at radius 3 is 2.97 bits per heavy atom. The van der Waals surface area contributed by atoms with Crippen molar-refractivity contribution in [3.63, 3.8) is 0 Å². The number of hydrogen-bond donors (Lipinski definition) is 0. The van der Waals surface area contributed by atoms with Crippen LogP contribution in [-0.2, 0) is 20.9 Å². The summed E-state index contributed by atoms with van der Waals surface area (Å²) < 4.78 is 11.1. The van der Waals surface area contributed by atoms with Crippen LogP contribution in [0.15, 0.2) is 52.9 Å². The Bertz CT molecular complexity index is 742. The SMILES string of the molecule is CCN(C/C=C(C#CC(C)(C)OC)\C=C\COCc1ccsc1)CN1C=CCO1. The molecule has 0 radical (unpaired) electrons. The number of methoxy groups -OCH3 is 1. The molecule has 158 valence electrons. The van der Waals surface area contributed by atoms with Crippen LogP contribution in [0.5, 0.6) is 0 Å². The molecule has 0 bridgehead atoms. The molecule has 0 fully saturated rings. The summed E-state index contributed by atoms with van der Waals surface area (Å²) in [7, 11) is 1.68. The number of ether oxygens (including phenoxy) is 2. The summed E-state index contributed by atoms with van der Waals surface area (Å²) in [6.07, 6.45) is 10.1. The van der Waals surface area contributed by atoms with E-state index in [-0.39, 0.29) is 0 Å². The average molecular weight is 417 g/mol. The lowest BCUT2D eigenvalue weighted by Gasteiger charge is -2.24. The third-order valence-electron chi connectivity index (χ3n) is 4.34. The maximum Gasteiger partial charge on any atom is 0.123 e. The Kier molecular flexibility index (Phi) is 10.2. The van der Waals surface area contributed by atoms with Crippen molar-refractivity contribution in [3.05, 3.63) is 58.5 Å². The lowest BCUT2D eigenvalue weighted by atomic mass is 10.1. The van der Waals surface area contributed by atoms with E-state index in [1.807, 2.05) is 43.3 Å². The Morgan fingerprint density at radius 1 is 1.45 bits per heavy atom. The van der Waals surface area contributed by atoms with Crippen LogP contribution in [0.3, 0.4) is 0 Å². The molecule has 5 nitrogen and oxygen atoms in total. The van der Waals surface area contributed by atoms with Crippen LogP contribution in [0, 0.1) is 11.8 Å². The van der Waals surface area contributed by atoms with Gasteiger partial charge in [-0.05, 0) is 54.9 Å². The van der Waals surface area contributed by atoms with E-state index in [9.17, 15) is 0 Å². The van der Waals surface area contributed by atoms with Gasteiger partial charge in [-0.15, -0.1) is 0 Å². The highest BCUT2D eigenvalue weighted by Gasteiger charge is 2.11. The van der Waals surface area contributed by atoms with Crippen LogP contribution in [-0.4, -0.2) is 55.6 Å². The van der Waals surface area contributed by atoms with E-state index in [0.717, 1.165) is 25.3 Å². The number of allylic oxidation sites excluding steroid dienone is 2. The molecular formula is C23H32N2O3S. The van der Waals surface area contributed by atoms with Gasteiger partial charge in [-0.2, -0.15) is 11.3 Å². The summed E-state index contributed by atoms with van der Waals surface area (Å²) in [6, 6.07) is 2.08. The summed E-state index contributed by atoms with van der Waals surface area (Å²) in [5.41, 5.74) is 1.67.